The molecule has 0 bridgehead atoms. The lowest BCUT2D eigenvalue weighted by molar-refractivity contribution is 0.0303. The predicted molar refractivity (Wildman–Crippen MR) is 70.7 cm³/mol. The molecule has 20 heavy (non-hydrogen) atoms. The van der Waals surface area contributed by atoms with Crippen molar-refractivity contribution in [1.29, 1.82) is 0 Å². The van der Waals surface area contributed by atoms with Crippen molar-refractivity contribution in [3.63, 3.8) is 0 Å². The van der Waals surface area contributed by atoms with Crippen LogP contribution in [0.2, 0.25) is 0 Å². The Balaban J connectivity index is 1.89. The minimum Gasteiger partial charge on any atom is -0.378 e. The van der Waals surface area contributed by atoms with Crippen LogP contribution in [0.25, 0.3) is 11.3 Å². The van der Waals surface area contributed by atoms with E-state index in [-0.39, 0.29) is 11.7 Å². The largest absolute Gasteiger partial charge is 0.378 e. The minimum absolute atomic E-state index is 0.0821. The van der Waals surface area contributed by atoms with E-state index in [1.54, 1.807) is 17.0 Å². The maximum absolute atomic E-state index is 13.0. The first-order chi connectivity index (χ1) is 9.75. The second kappa shape index (κ2) is 5.42. The number of hydrogen-bond acceptors (Lipinski definition) is 3. The highest BCUT2D eigenvalue weighted by Crippen LogP contribution is 2.22. The Morgan fingerprint density at radius 2 is 1.95 bits per heavy atom. The molecule has 0 aliphatic carbocycles. The van der Waals surface area contributed by atoms with Crippen LogP contribution in [0.15, 0.2) is 30.5 Å². The number of morpholine rings is 1. The van der Waals surface area contributed by atoms with Gasteiger partial charge in [-0.15, -0.1) is 0 Å². The number of ether oxygens (including phenoxy) is 1. The average molecular weight is 275 g/mol. The van der Waals surface area contributed by atoms with Gasteiger partial charge in [0.2, 0.25) is 0 Å². The lowest BCUT2D eigenvalue weighted by Crippen LogP contribution is -2.40. The normalized spacial score (nSPS) is 15.3. The van der Waals surface area contributed by atoms with Crippen molar-refractivity contribution in [2.45, 2.75) is 0 Å². The molecule has 0 atom stereocenters. The highest BCUT2D eigenvalue weighted by molar-refractivity contribution is 5.99. The smallest absolute Gasteiger partial charge is 0.257 e. The molecule has 1 N–H and O–H groups in total. The Bertz CT molecular complexity index is 603. The van der Waals surface area contributed by atoms with E-state index >= 15 is 0 Å². The van der Waals surface area contributed by atoms with Crippen LogP contribution in [0.1, 0.15) is 10.4 Å². The molecule has 3 rings (SSSR count). The van der Waals surface area contributed by atoms with Gasteiger partial charge in [-0.2, -0.15) is 5.10 Å². The van der Waals surface area contributed by atoms with Gasteiger partial charge in [0, 0.05) is 18.7 Å². The zero-order valence-electron chi connectivity index (χ0n) is 10.8. The number of aromatic nitrogens is 2. The highest BCUT2D eigenvalue weighted by Gasteiger charge is 2.22. The molecule has 104 valence electrons. The van der Waals surface area contributed by atoms with Crippen LogP contribution >= 0.6 is 0 Å². The first-order valence-electron chi connectivity index (χ1n) is 6.42. The molecule has 5 nitrogen and oxygen atoms in total. The predicted octanol–water partition coefficient (Wildman–Crippen LogP) is 1.69. The van der Waals surface area contributed by atoms with Gasteiger partial charge in [0.15, 0.2) is 0 Å². The number of rotatable bonds is 2. The van der Waals surface area contributed by atoms with Gasteiger partial charge in [0.05, 0.1) is 30.7 Å². The Kier molecular flexibility index (Phi) is 3.47. The fraction of sp³-hybridized carbons (Fsp3) is 0.286. The molecule has 0 spiro atoms. The van der Waals surface area contributed by atoms with Gasteiger partial charge in [-0.05, 0) is 24.3 Å². The van der Waals surface area contributed by atoms with Gasteiger partial charge < -0.3 is 9.64 Å². The van der Waals surface area contributed by atoms with Crippen LogP contribution in [0, 0.1) is 5.82 Å². The third kappa shape index (κ3) is 2.42. The average Bonchev–Trinajstić information content (AvgIpc) is 2.97. The lowest BCUT2D eigenvalue weighted by Gasteiger charge is -2.26. The number of amides is 1. The van der Waals surface area contributed by atoms with Crippen LogP contribution < -0.4 is 0 Å². The van der Waals surface area contributed by atoms with Crippen LogP contribution in [0.5, 0.6) is 0 Å². The van der Waals surface area contributed by atoms with Crippen molar-refractivity contribution in [3.8, 4) is 11.3 Å². The van der Waals surface area contributed by atoms with E-state index in [1.807, 2.05) is 0 Å². The molecule has 6 heteroatoms. The molecule has 0 unspecified atom stereocenters. The summed E-state index contributed by atoms with van der Waals surface area (Å²) >= 11 is 0. The Labute approximate surface area is 115 Å². The molecule has 1 saturated heterocycles. The maximum Gasteiger partial charge on any atom is 0.257 e. The molecule has 0 radical (unpaired) electrons. The van der Waals surface area contributed by atoms with E-state index in [2.05, 4.69) is 10.2 Å². The molecular weight excluding hydrogens is 261 g/mol. The number of hydrogen-bond donors (Lipinski definition) is 1. The molecule has 1 fully saturated rings. The Morgan fingerprint density at radius 3 is 2.65 bits per heavy atom. The van der Waals surface area contributed by atoms with Crippen molar-refractivity contribution in [3.05, 3.63) is 41.8 Å². The Hall–Kier alpha value is -2.21. The molecule has 1 aliphatic heterocycles. The maximum atomic E-state index is 13.0. The molecule has 2 aromatic rings. The molecular formula is C14H14FN3O2. The molecule has 1 amide bonds. The summed E-state index contributed by atoms with van der Waals surface area (Å²) in [5.41, 5.74) is 1.85. The molecule has 0 saturated carbocycles. The summed E-state index contributed by atoms with van der Waals surface area (Å²) in [6.07, 6.45) is 1.51. The summed E-state index contributed by atoms with van der Waals surface area (Å²) in [6.45, 7) is 2.25. The minimum atomic E-state index is -0.311. The van der Waals surface area contributed by atoms with E-state index in [0.29, 0.717) is 37.6 Å². The number of H-pyrrole nitrogens is 1. The molecule has 1 aromatic heterocycles. The number of nitrogens with one attached hydrogen (secondary N) is 1. The summed E-state index contributed by atoms with van der Waals surface area (Å²) in [5, 5.41) is 6.75. The summed E-state index contributed by atoms with van der Waals surface area (Å²) < 4.78 is 18.2. The molecule has 2 heterocycles. The lowest BCUT2D eigenvalue weighted by atomic mass is 10.1. The molecule has 1 aromatic carbocycles. The van der Waals surface area contributed by atoms with Gasteiger partial charge >= 0.3 is 0 Å². The van der Waals surface area contributed by atoms with E-state index in [4.69, 9.17) is 4.74 Å². The summed E-state index contributed by atoms with van der Waals surface area (Å²) in [4.78, 5) is 14.2. The second-order valence-electron chi connectivity index (χ2n) is 4.57. The van der Waals surface area contributed by atoms with Crippen molar-refractivity contribution < 1.29 is 13.9 Å². The Morgan fingerprint density at radius 1 is 1.25 bits per heavy atom. The van der Waals surface area contributed by atoms with Gasteiger partial charge in [-0.1, -0.05) is 0 Å². The fourth-order valence-corrected chi connectivity index (χ4v) is 2.22. The fourth-order valence-electron chi connectivity index (χ4n) is 2.22. The van der Waals surface area contributed by atoms with Gasteiger partial charge in [-0.25, -0.2) is 4.39 Å². The summed E-state index contributed by atoms with van der Waals surface area (Å²) in [5.74, 6) is -0.393. The third-order valence-corrected chi connectivity index (χ3v) is 3.30. The monoisotopic (exact) mass is 275 g/mol. The topological polar surface area (TPSA) is 58.2 Å². The van der Waals surface area contributed by atoms with Crippen LogP contribution in [-0.4, -0.2) is 47.3 Å². The van der Waals surface area contributed by atoms with Gasteiger partial charge in [0.1, 0.15) is 5.82 Å². The van der Waals surface area contributed by atoms with Crippen molar-refractivity contribution in [2.75, 3.05) is 26.3 Å². The van der Waals surface area contributed by atoms with E-state index in [0.717, 1.165) is 5.56 Å². The number of carbonyl (C=O) groups is 1. The molecule has 1 aliphatic rings. The number of benzene rings is 1. The standard InChI is InChI=1S/C14H14FN3O2/c15-11-3-1-10(2-4-11)13-12(9-16-17-13)14(19)18-5-7-20-8-6-18/h1-4,9H,5-8H2,(H,16,17). The van der Waals surface area contributed by atoms with Crippen molar-refractivity contribution >= 4 is 5.91 Å². The summed E-state index contributed by atoms with van der Waals surface area (Å²) in [6, 6.07) is 5.97. The van der Waals surface area contributed by atoms with Gasteiger partial charge in [0.25, 0.3) is 5.91 Å². The van der Waals surface area contributed by atoms with E-state index in [1.165, 1.54) is 18.3 Å². The number of carbonyl (C=O) groups excluding carboxylic acids is 1. The first-order valence-corrected chi connectivity index (χ1v) is 6.42. The summed E-state index contributed by atoms with van der Waals surface area (Å²) in [7, 11) is 0. The number of halogens is 1. The quantitative estimate of drug-likeness (QED) is 0.907. The zero-order valence-corrected chi connectivity index (χ0v) is 10.8. The van der Waals surface area contributed by atoms with Crippen LogP contribution in [0.3, 0.4) is 0 Å². The van der Waals surface area contributed by atoms with Crippen molar-refractivity contribution in [2.24, 2.45) is 0 Å². The number of nitrogens with zero attached hydrogens (tertiary/aromatic N) is 2. The zero-order chi connectivity index (χ0) is 13.9. The van der Waals surface area contributed by atoms with Crippen LogP contribution in [0.4, 0.5) is 4.39 Å². The SMILES string of the molecule is O=C(c1cn[nH]c1-c1ccc(F)cc1)N1CCOCC1. The first kappa shape index (κ1) is 12.8. The van der Waals surface area contributed by atoms with E-state index < -0.39 is 0 Å². The second-order valence-corrected chi connectivity index (χ2v) is 4.57. The van der Waals surface area contributed by atoms with Gasteiger partial charge in [-0.3, -0.25) is 9.89 Å². The van der Waals surface area contributed by atoms with Crippen LogP contribution in [-0.2, 0) is 4.74 Å². The van der Waals surface area contributed by atoms with E-state index in [9.17, 15) is 9.18 Å². The third-order valence-electron chi connectivity index (χ3n) is 3.30. The number of aromatic amines is 1. The van der Waals surface area contributed by atoms with Crippen molar-refractivity contribution in [1.82, 2.24) is 15.1 Å². The highest BCUT2D eigenvalue weighted by atomic mass is 19.1.